The number of esters is 1. The van der Waals surface area contributed by atoms with Gasteiger partial charge < -0.3 is 25.3 Å². The van der Waals surface area contributed by atoms with Crippen molar-refractivity contribution in [3.05, 3.63) is 16.0 Å². The minimum absolute atomic E-state index is 0.124. The highest BCUT2D eigenvalue weighted by atomic mass is 35.6. The SMILES string of the molecule is CC(C)(C)OC(=O)c1c(N)sc2c1CCOC2CNC(=O)OCC(Cl)(Cl)Cl. The Morgan fingerprint density at radius 3 is 2.59 bits per heavy atom. The van der Waals surface area contributed by atoms with E-state index in [1.807, 2.05) is 0 Å². The molecule has 3 N–H and O–H groups in total. The fraction of sp³-hybridized carbons (Fsp3) is 0.625. The van der Waals surface area contributed by atoms with Crippen LogP contribution in [0.15, 0.2) is 0 Å². The minimum Gasteiger partial charge on any atom is -0.456 e. The number of ether oxygens (including phenoxy) is 3. The molecule has 0 aromatic carbocycles. The molecule has 1 aromatic heterocycles. The van der Waals surface area contributed by atoms with Gasteiger partial charge in [0, 0.05) is 4.88 Å². The van der Waals surface area contributed by atoms with Crippen LogP contribution in [0.5, 0.6) is 0 Å². The fourth-order valence-corrected chi connectivity index (χ4v) is 3.79. The average Bonchev–Trinajstić information content (AvgIpc) is 2.85. The lowest BCUT2D eigenvalue weighted by molar-refractivity contribution is 0.00654. The zero-order valence-corrected chi connectivity index (χ0v) is 18.2. The van der Waals surface area contributed by atoms with Gasteiger partial charge in [-0.25, -0.2) is 9.59 Å². The fourth-order valence-electron chi connectivity index (χ4n) is 2.47. The van der Waals surface area contributed by atoms with E-state index in [0.717, 1.165) is 10.4 Å². The van der Waals surface area contributed by atoms with E-state index in [1.165, 1.54) is 11.3 Å². The Morgan fingerprint density at radius 2 is 2.00 bits per heavy atom. The predicted octanol–water partition coefficient (Wildman–Crippen LogP) is 4.00. The second-order valence-electron chi connectivity index (χ2n) is 6.87. The number of nitrogens with one attached hydrogen (secondary N) is 1. The molecule has 0 radical (unpaired) electrons. The van der Waals surface area contributed by atoms with Crippen LogP contribution in [0.4, 0.5) is 9.80 Å². The molecular formula is C16H21Cl3N2O5S. The highest BCUT2D eigenvalue weighted by Gasteiger charge is 2.33. The molecule has 7 nitrogen and oxygen atoms in total. The third-order valence-electron chi connectivity index (χ3n) is 3.43. The smallest absolute Gasteiger partial charge is 0.407 e. The summed E-state index contributed by atoms with van der Waals surface area (Å²) in [6.07, 6.45) is -0.669. The first kappa shape index (κ1) is 22.4. The number of hydrogen-bond donors (Lipinski definition) is 2. The van der Waals surface area contributed by atoms with Crippen LogP contribution in [0.1, 0.15) is 47.7 Å². The van der Waals surface area contributed by atoms with Crippen molar-refractivity contribution < 1.29 is 23.8 Å². The molecule has 0 aliphatic carbocycles. The number of rotatable bonds is 4. The summed E-state index contributed by atoms with van der Waals surface area (Å²) in [5.74, 6) is -0.465. The lowest BCUT2D eigenvalue weighted by Gasteiger charge is -2.24. The van der Waals surface area contributed by atoms with Crippen molar-refractivity contribution in [1.82, 2.24) is 5.32 Å². The number of nitrogens with two attached hydrogens (primary N) is 1. The Bertz CT molecular complexity index is 712. The van der Waals surface area contributed by atoms with Crippen molar-refractivity contribution in [3.8, 4) is 0 Å². The minimum atomic E-state index is -1.68. The van der Waals surface area contributed by atoms with Crippen molar-refractivity contribution in [2.75, 3.05) is 25.5 Å². The second kappa shape index (κ2) is 8.61. The molecule has 0 saturated heterocycles. The van der Waals surface area contributed by atoms with Gasteiger partial charge >= 0.3 is 12.1 Å². The largest absolute Gasteiger partial charge is 0.456 e. The van der Waals surface area contributed by atoms with Crippen LogP contribution in [0.2, 0.25) is 0 Å². The number of alkyl halides is 3. The van der Waals surface area contributed by atoms with Crippen molar-refractivity contribution in [2.24, 2.45) is 0 Å². The summed E-state index contributed by atoms with van der Waals surface area (Å²) in [5.41, 5.74) is 6.60. The molecule has 152 valence electrons. The Kier molecular flexibility index (Phi) is 7.13. The number of alkyl carbamates (subject to hydrolysis) is 1. The number of amides is 1. The Labute approximate surface area is 176 Å². The van der Waals surface area contributed by atoms with E-state index in [2.05, 4.69) is 5.32 Å². The van der Waals surface area contributed by atoms with E-state index in [-0.39, 0.29) is 13.2 Å². The van der Waals surface area contributed by atoms with Gasteiger partial charge in [0.25, 0.3) is 0 Å². The monoisotopic (exact) mass is 458 g/mol. The van der Waals surface area contributed by atoms with Gasteiger partial charge in [0.1, 0.15) is 23.3 Å². The van der Waals surface area contributed by atoms with Crippen LogP contribution in [0.25, 0.3) is 0 Å². The maximum Gasteiger partial charge on any atom is 0.407 e. The molecule has 2 heterocycles. The highest BCUT2D eigenvalue weighted by Crippen LogP contribution is 2.40. The number of nitrogen functional groups attached to an aromatic ring is 1. The number of carbonyl (C=O) groups is 2. The molecule has 1 aromatic rings. The summed E-state index contributed by atoms with van der Waals surface area (Å²) in [7, 11) is 0. The molecule has 2 rings (SSSR count). The highest BCUT2D eigenvalue weighted by molar-refractivity contribution is 7.16. The van der Waals surface area contributed by atoms with E-state index in [1.54, 1.807) is 20.8 Å². The predicted molar refractivity (Wildman–Crippen MR) is 106 cm³/mol. The van der Waals surface area contributed by atoms with Gasteiger partial charge in [0.05, 0.1) is 18.7 Å². The maximum absolute atomic E-state index is 12.5. The summed E-state index contributed by atoms with van der Waals surface area (Å²) in [5, 5.41) is 2.91. The normalized spacial score (nSPS) is 17.2. The summed E-state index contributed by atoms with van der Waals surface area (Å²) >= 11 is 17.8. The summed E-state index contributed by atoms with van der Waals surface area (Å²) in [6, 6.07) is 0. The number of carbonyl (C=O) groups excluding carboxylic acids is 2. The molecule has 0 fully saturated rings. The van der Waals surface area contributed by atoms with Crippen LogP contribution in [-0.4, -0.2) is 41.2 Å². The Hall–Kier alpha value is -0.930. The van der Waals surface area contributed by atoms with Crippen LogP contribution >= 0.6 is 46.1 Å². The topological polar surface area (TPSA) is 99.9 Å². The number of fused-ring (bicyclic) bond motifs is 1. The molecule has 1 aliphatic heterocycles. The van der Waals surface area contributed by atoms with Crippen LogP contribution in [0, 0.1) is 0 Å². The lowest BCUT2D eigenvalue weighted by atomic mass is 10.0. The third-order valence-corrected chi connectivity index (χ3v) is 4.91. The van der Waals surface area contributed by atoms with E-state index in [0.29, 0.717) is 23.6 Å². The molecule has 1 aliphatic rings. The van der Waals surface area contributed by atoms with Gasteiger partial charge in [0.15, 0.2) is 0 Å². The van der Waals surface area contributed by atoms with Gasteiger partial charge in [-0.3, -0.25) is 0 Å². The average molecular weight is 460 g/mol. The van der Waals surface area contributed by atoms with Gasteiger partial charge in [-0.2, -0.15) is 0 Å². The number of thiophene rings is 1. The first-order valence-corrected chi connectivity index (χ1v) is 10.1. The quantitative estimate of drug-likeness (QED) is 0.521. The Balaban J connectivity index is 2.07. The molecule has 0 spiro atoms. The standard InChI is InChI=1S/C16H21Cl3N2O5S/c1-15(2,3)26-13(22)10-8-4-5-24-9(11(8)27-12(10)20)6-21-14(23)25-7-16(17,18)19/h9H,4-7,20H2,1-3H3,(H,21,23). The van der Waals surface area contributed by atoms with E-state index in [4.69, 9.17) is 54.7 Å². The summed E-state index contributed by atoms with van der Waals surface area (Å²) < 4.78 is 14.3. The molecule has 0 saturated carbocycles. The first-order valence-electron chi connectivity index (χ1n) is 8.11. The van der Waals surface area contributed by atoms with Crippen molar-refractivity contribution >= 4 is 63.2 Å². The molecule has 1 atom stereocenters. The summed E-state index contributed by atoms with van der Waals surface area (Å²) in [6.45, 7) is 5.50. The van der Waals surface area contributed by atoms with E-state index < -0.39 is 27.6 Å². The molecule has 27 heavy (non-hydrogen) atoms. The molecular weight excluding hydrogens is 439 g/mol. The molecule has 1 amide bonds. The first-order chi connectivity index (χ1) is 12.4. The van der Waals surface area contributed by atoms with Gasteiger partial charge in [0.2, 0.25) is 3.79 Å². The van der Waals surface area contributed by atoms with Crippen molar-refractivity contribution in [3.63, 3.8) is 0 Å². The molecule has 1 unspecified atom stereocenters. The van der Waals surface area contributed by atoms with Crippen LogP contribution in [0.3, 0.4) is 0 Å². The second-order valence-corrected chi connectivity index (χ2v) is 10.5. The summed E-state index contributed by atoms with van der Waals surface area (Å²) in [4.78, 5) is 25.0. The zero-order valence-electron chi connectivity index (χ0n) is 15.1. The van der Waals surface area contributed by atoms with Crippen LogP contribution in [-0.2, 0) is 20.6 Å². The van der Waals surface area contributed by atoms with Gasteiger partial charge in [-0.05, 0) is 32.8 Å². The van der Waals surface area contributed by atoms with Gasteiger partial charge in [-0.15, -0.1) is 11.3 Å². The van der Waals surface area contributed by atoms with Crippen molar-refractivity contribution in [1.29, 1.82) is 0 Å². The third kappa shape index (κ3) is 6.57. The van der Waals surface area contributed by atoms with E-state index >= 15 is 0 Å². The lowest BCUT2D eigenvalue weighted by Crippen LogP contribution is -2.33. The van der Waals surface area contributed by atoms with Gasteiger partial charge in [-0.1, -0.05) is 34.8 Å². The molecule has 11 heteroatoms. The Morgan fingerprint density at radius 1 is 1.33 bits per heavy atom. The van der Waals surface area contributed by atoms with E-state index in [9.17, 15) is 9.59 Å². The molecule has 0 bridgehead atoms. The number of anilines is 1. The van der Waals surface area contributed by atoms with Crippen LogP contribution < -0.4 is 11.1 Å². The van der Waals surface area contributed by atoms with Crippen molar-refractivity contribution in [2.45, 2.75) is 42.7 Å². The number of hydrogen-bond acceptors (Lipinski definition) is 7. The maximum atomic E-state index is 12.5. The number of halogens is 3. The zero-order chi connectivity index (χ0) is 20.4.